The van der Waals surface area contributed by atoms with Crippen LogP contribution in [0.2, 0.25) is 0 Å². The highest BCUT2D eigenvalue weighted by atomic mass is 19.1. The zero-order chi connectivity index (χ0) is 8.27. The van der Waals surface area contributed by atoms with Gasteiger partial charge in [-0.15, -0.1) is 0 Å². The number of nitrogens with zero attached hydrogens (tertiary/aromatic N) is 1. The first-order chi connectivity index (χ1) is 5.20. The molecule has 0 aliphatic heterocycles. The molecule has 11 heavy (non-hydrogen) atoms. The van der Waals surface area contributed by atoms with E-state index < -0.39 is 0 Å². The van der Waals surface area contributed by atoms with Gasteiger partial charge in [0.15, 0.2) is 0 Å². The van der Waals surface area contributed by atoms with Gasteiger partial charge < -0.3 is 5.73 Å². The minimum atomic E-state index is -0.273. The highest BCUT2D eigenvalue weighted by Crippen LogP contribution is 2.03. The molecule has 2 N–H and O–H groups in total. The number of hydrogen-bond donors (Lipinski definition) is 1. The SMILES string of the molecule is C[C@H](N)Cc1ncccc1F. The van der Waals surface area contributed by atoms with Crippen molar-refractivity contribution in [3.05, 3.63) is 29.8 Å². The Morgan fingerprint density at radius 3 is 3.00 bits per heavy atom. The molecule has 0 bridgehead atoms. The zero-order valence-electron chi connectivity index (χ0n) is 6.42. The Balaban J connectivity index is 2.78. The molecule has 60 valence electrons. The van der Waals surface area contributed by atoms with E-state index in [1.54, 1.807) is 12.3 Å². The summed E-state index contributed by atoms with van der Waals surface area (Å²) in [5.74, 6) is -0.273. The fourth-order valence-corrected chi connectivity index (χ4v) is 0.874. The molecule has 0 radical (unpaired) electrons. The van der Waals surface area contributed by atoms with E-state index in [4.69, 9.17) is 5.73 Å². The van der Waals surface area contributed by atoms with Crippen molar-refractivity contribution in [3.8, 4) is 0 Å². The molecule has 3 heteroatoms. The molecule has 1 heterocycles. The molecular formula is C8H11FN2. The topological polar surface area (TPSA) is 38.9 Å². The maximum Gasteiger partial charge on any atom is 0.144 e. The van der Waals surface area contributed by atoms with Crippen molar-refractivity contribution >= 4 is 0 Å². The number of hydrogen-bond acceptors (Lipinski definition) is 2. The summed E-state index contributed by atoms with van der Waals surface area (Å²) in [6.45, 7) is 1.83. The number of rotatable bonds is 2. The van der Waals surface area contributed by atoms with Crippen LogP contribution in [0.3, 0.4) is 0 Å². The Morgan fingerprint density at radius 2 is 2.45 bits per heavy atom. The minimum Gasteiger partial charge on any atom is -0.328 e. The molecule has 1 rings (SSSR count). The minimum absolute atomic E-state index is 0.0422. The lowest BCUT2D eigenvalue weighted by Gasteiger charge is -2.03. The molecule has 0 saturated heterocycles. The third-order valence-electron chi connectivity index (χ3n) is 1.35. The number of aromatic nitrogens is 1. The standard InChI is InChI=1S/C8H11FN2/c1-6(10)5-8-7(9)3-2-4-11-8/h2-4,6H,5,10H2,1H3/t6-/m0/s1. The molecule has 0 amide bonds. The second-order valence-electron chi connectivity index (χ2n) is 2.61. The first-order valence-corrected chi connectivity index (χ1v) is 3.55. The summed E-state index contributed by atoms with van der Waals surface area (Å²) in [4.78, 5) is 3.86. The van der Waals surface area contributed by atoms with E-state index in [-0.39, 0.29) is 11.9 Å². The Hall–Kier alpha value is -0.960. The van der Waals surface area contributed by atoms with E-state index in [0.717, 1.165) is 0 Å². The first-order valence-electron chi connectivity index (χ1n) is 3.55. The van der Waals surface area contributed by atoms with Crippen LogP contribution in [0.25, 0.3) is 0 Å². The van der Waals surface area contributed by atoms with E-state index in [9.17, 15) is 4.39 Å². The lowest BCUT2D eigenvalue weighted by molar-refractivity contribution is 0.583. The van der Waals surface area contributed by atoms with Crippen LogP contribution in [0.15, 0.2) is 18.3 Å². The average molecular weight is 154 g/mol. The molecule has 1 aromatic heterocycles. The van der Waals surface area contributed by atoms with E-state index in [1.807, 2.05) is 6.92 Å². The van der Waals surface area contributed by atoms with Gasteiger partial charge in [0.1, 0.15) is 5.82 Å². The Labute approximate surface area is 65.3 Å². The van der Waals surface area contributed by atoms with Gasteiger partial charge in [-0.1, -0.05) is 0 Å². The van der Waals surface area contributed by atoms with E-state index in [2.05, 4.69) is 4.98 Å². The summed E-state index contributed by atoms with van der Waals surface area (Å²) < 4.78 is 12.8. The predicted molar refractivity (Wildman–Crippen MR) is 41.5 cm³/mol. The van der Waals surface area contributed by atoms with Crippen LogP contribution in [0.1, 0.15) is 12.6 Å². The highest BCUT2D eigenvalue weighted by molar-refractivity contribution is 5.07. The van der Waals surface area contributed by atoms with Gasteiger partial charge in [0.05, 0.1) is 5.69 Å². The third kappa shape index (κ3) is 2.27. The number of pyridine rings is 1. The van der Waals surface area contributed by atoms with Gasteiger partial charge in [-0.3, -0.25) is 4.98 Å². The predicted octanol–water partition coefficient (Wildman–Crippen LogP) is 1.11. The monoisotopic (exact) mass is 154 g/mol. The summed E-state index contributed by atoms with van der Waals surface area (Å²) in [7, 11) is 0. The van der Waals surface area contributed by atoms with Gasteiger partial charge in [0, 0.05) is 18.7 Å². The maximum absolute atomic E-state index is 12.8. The highest BCUT2D eigenvalue weighted by Gasteiger charge is 2.03. The largest absolute Gasteiger partial charge is 0.328 e. The molecule has 0 aromatic carbocycles. The number of halogens is 1. The van der Waals surface area contributed by atoms with Crippen molar-refractivity contribution in [3.63, 3.8) is 0 Å². The van der Waals surface area contributed by atoms with Gasteiger partial charge in [-0.05, 0) is 19.1 Å². The van der Waals surface area contributed by atoms with E-state index >= 15 is 0 Å². The lowest BCUT2D eigenvalue weighted by atomic mass is 10.2. The van der Waals surface area contributed by atoms with E-state index in [0.29, 0.717) is 12.1 Å². The van der Waals surface area contributed by atoms with Crippen molar-refractivity contribution in [2.75, 3.05) is 0 Å². The third-order valence-corrected chi connectivity index (χ3v) is 1.35. The summed E-state index contributed by atoms with van der Waals surface area (Å²) in [6, 6.07) is 2.92. The smallest absolute Gasteiger partial charge is 0.144 e. The lowest BCUT2D eigenvalue weighted by Crippen LogP contribution is -2.19. The number of nitrogens with two attached hydrogens (primary N) is 1. The molecule has 0 aliphatic rings. The van der Waals surface area contributed by atoms with Crippen molar-refractivity contribution in [2.24, 2.45) is 5.73 Å². The van der Waals surface area contributed by atoms with Crippen LogP contribution in [0.4, 0.5) is 4.39 Å². The van der Waals surface area contributed by atoms with Gasteiger partial charge >= 0.3 is 0 Å². The van der Waals surface area contributed by atoms with Crippen molar-refractivity contribution in [1.29, 1.82) is 0 Å². The molecule has 1 atom stereocenters. The van der Waals surface area contributed by atoms with Gasteiger partial charge in [0.25, 0.3) is 0 Å². The van der Waals surface area contributed by atoms with Crippen LogP contribution >= 0.6 is 0 Å². The zero-order valence-corrected chi connectivity index (χ0v) is 6.42. The summed E-state index contributed by atoms with van der Waals surface area (Å²) in [6.07, 6.45) is 2.06. The normalized spacial score (nSPS) is 13.0. The fourth-order valence-electron chi connectivity index (χ4n) is 0.874. The second kappa shape index (κ2) is 3.44. The van der Waals surface area contributed by atoms with Gasteiger partial charge in [-0.25, -0.2) is 4.39 Å². The molecular weight excluding hydrogens is 143 g/mol. The van der Waals surface area contributed by atoms with Crippen LogP contribution in [-0.2, 0) is 6.42 Å². The van der Waals surface area contributed by atoms with Crippen LogP contribution in [0.5, 0.6) is 0 Å². The molecule has 0 saturated carbocycles. The van der Waals surface area contributed by atoms with Crippen LogP contribution < -0.4 is 5.73 Å². The molecule has 0 spiro atoms. The molecule has 0 aliphatic carbocycles. The maximum atomic E-state index is 12.8. The van der Waals surface area contributed by atoms with Gasteiger partial charge in [-0.2, -0.15) is 0 Å². The summed E-state index contributed by atoms with van der Waals surface area (Å²) in [5, 5.41) is 0. The van der Waals surface area contributed by atoms with Crippen LogP contribution in [-0.4, -0.2) is 11.0 Å². The fraction of sp³-hybridized carbons (Fsp3) is 0.375. The first kappa shape index (κ1) is 8.14. The Morgan fingerprint density at radius 1 is 1.73 bits per heavy atom. The average Bonchev–Trinajstić information content (AvgIpc) is 1.93. The second-order valence-corrected chi connectivity index (χ2v) is 2.61. The van der Waals surface area contributed by atoms with Crippen molar-refractivity contribution in [1.82, 2.24) is 4.98 Å². The molecule has 1 aromatic rings. The van der Waals surface area contributed by atoms with Crippen molar-refractivity contribution < 1.29 is 4.39 Å². The molecule has 2 nitrogen and oxygen atoms in total. The van der Waals surface area contributed by atoms with Crippen molar-refractivity contribution in [2.45, 2.75) is 19.4 Å². The molecule has 0 unspecified atom stereocenters. The molecule has 0 fully saturated rings. The summed E-state index contributed by atoms with van der Waals surface area (Å²) >= 11 is 0. The van der Waals surface area contributed by atoms with E-state index in [1.165, 1.54) is 6.07 Å². The summed E-state index contributed by atoms with van der Waals surface area (Å²) in [5.41, 5.74) is 5.93. The van der Waals surface area contributed by atoms with Gasteiger partial charge in [0.2, 0.25) is 0 Å². The van der Waals surface area contributed by atoms with Crippen LogP contribution in [0, 0.1) is 5.82 Å². The quantitative estimate of drug-likeness (QED) is 0.693. The Bertz CT molecular complexity index is 235. The Kier molecular flexibility index (Phi) is 2.54.